The van der Waals surface area contributed by atoms with Crippen molar-refractivity contribution in [3.8, 4) is 0 Å². The Kier molecular flexibility index (Phi) is 4.69. The van der Waals surface area contributed by atoms with Gasteiger partial charge in [-0.3, -0.25) is 9.48 Å². The third-order valence-corrected chi connectivity index (χ3v) is 2.57. The van der Waals surface area contributed by atoms with E-state index >= 15 is 0 Å². The number of aliphatic hydroxyl groups excluding tert-OH is 1. The number of hydrogen-bond donors (Lipinski definition) is 2. The highest BCUT2D eigenvalue weighted by Crippen LogP contribution is 2.14. The molecule has 17 heavy (non-hydrogen) atoms. The van der Waals surface area contributed by atoms with Crippen molar-refractivity contribution in [1.82, 2.24) is 15.1 Å². The third-order valence-electron chi connectivity index (χ3n) is 2.57. The Morgan fingerprint density at radius 1 is 1.53 bits per heavy atom. The molecular weight excluding hydrogens is 218 g/mol. The lowest BCUT2D eigenvalue weighted by Crippen LogP contribution is -2.36. The molecule has 0 bridgehead atoms. The first-order chi connectivity index (χ1) is 7.99. The minimum Gasteiger partial charge on any atom is -0.394 e. The zero-order valence-electron chi connectivity index (χ0n) is 10.9. The van der Waals surface area contributed by atoms with Crippen molar-refractivity contribution in [2.45, 2.75) is 46.2 Å². The van der Waals surface area contributed by atoms with Crippen LogP contribution in [0.2, 0.25) is 0 Å². The summed E-state index contributed by atoms with van der Waals surface area (Å²) < 4.78 is 1.69. The van der Waals surface area contributed by atoms with Gasteiger partial charge in [-0.1, -0.05) is 13.8 Å². The van der Waals surface area contributed by atoms with Gasteiger partial charge in [-0.15, -0.1) is 0 Å². The molecule has 0 saturated carbocycles. The number of aliphatic hydroxyl groups is 1. The predicted molar refractivity (Wildman–Crippen MR) is 66.0 cm³/mol. The number of aryl methyl sites for hydroxylation is 1. The molecule has 1 heterocycles. The number of aromatic nitrogens is 2. The molecule has 0 aliphatic rings. The fraction of sp³-hybridized carbons (Fsp3) is 0.667. The number of carbonyl (C=O) groups is 1. The van der Waals surface area contributed by atoms with Gasteiger partial charge in [0, 0.05) is 12.6 Å². The molecule has 0 radical (unpaired) electrons. The highest BCUT2D eigenvalue weighted by Gasteiger charge is 2.17. The largest absolute Gasteiger partial charge is 0.394 e. The molecule has 2 N–H and O–H groups in total. The molecule has 1 aromatic heterocycles. The first kappa shape index (κ1) is 13.7. The van der Waals surface area contributed by atoms with Gasteiger partial charge in [0.15, 0.2) is 0 Å². The highest BCUT2D eigenvalue weighted by atomic mass is 16.3. The van der Waals surface area contributed by atoms with Crippen LogP contribution in [0.1, 0.15) is 49.8 Å². The van der Waals surface area contributed by atoms with Crippen LogP contribution in [0.25, 0.3) is 0 Å². The van der Waals surface area contributed by atoms with Gasteiger partial charge in [-0.2, -0.15) is 5.10 Å². The molecule has 0 spiro atoms. The molecule has 5 nitrogen and oxygen atoms in total. The van der Waals surface area contributed by atoms with Crippen molar-refractivity contribution in [2.24, 2.45) is 0 Å². The first-order valence-electron chi connectivity index (χ1n) is 5.99. The molecule has 1 rings (SSSR count). The Balaban J connectivity index is 2.92. The second-order valence-corrected chi connectivity index (χ2v) is 4.48. The Bertz CT molecular complexity index is 385. The second kappa shape index (κ2) is 5.82. The Labute approximate surface area is 102 Å². The van der Waals surface area contributed by atoms with Crippen LogP contribution < -0.4 is 5.32 Å². The average molecular weight is 239 g/mol. The molecule has 0 unspecified atom stereocenters. The van der Waals surface area contributed by atoms with Crippen LogP contribution in [0, 0.1) is 0 Å². The number of nitrogens with zero attached hydrogens (tertiary/aromatic N) is 2. The number of carbonyl (C=O) groups excluding carboxylic acids is 1. The van der Waals surface area contributed by atoms with Crippen LogP contribution in [0.4, 0.5) is 0 Å². The predicted octanol–water partition coefficient (Wildman–Crippen LogP) is 1.14. The Morgan fingerprint density at radius 3 is 2.65 bits per heavy atom. The minimum absolute atomic E-state index is 0.0664. The van der Waals surface area contributed by atoms with Gasteiger partial charge in [0.1, 0.15) is 5.69 Å². The number of hydrogen-bond acceptors (Lipinski definition) is 3. The van der Waals surface area contributed by atoms with Crippen molar-refractivity contribution in [2.75, 3.05) is 6.61 Å². The van der Waals surface area contributed by atoms with Gasteiger partial charge in [0.05, 0.1) is 12.3 Å². The van der Waals surface area contributed by atoms with E-state index < -0.39 is 0 Å². The fourth-order valence-corrected chi connectivity index (χ4v) is 1.49. The molecule has 0 aliphatic heterocycles. The van der Waals surface area contributed by atoms with Gasteiger partial charge >= 0.3 is 0 Å². The third kappa shape index (κ3) is 3.30. The highest BCUT2D eigenvalue weighted by molar-refractivity contribution is 5.92. The summed E-state index contributed by atoms with van der Waals surface area (Å²) in [5.74, 6) is 0.109. The lowest BCUT2D eigenvalue weighted by Gasteiger charge is -2.11. The zero-order valence-corrected chi connectivity index (χ0v) is 10.9. The maximum atomic E-state index is 11.9. The molecule has 5 heteroatoms. The SMILES string of the molecule is CCn1nc(C(C)C)cc1C(=O)N[C@H](C)CO. The molecule has 1 aromatic rings. The number of nitrogens with one attached hydrogen (secondary N) is 1. The monoisotopic (exact) mass is 239 g/mol. The quantitative estimate of drug-likeness (QED) is 0.809. The van der Waals surface area contributed by atoms with E-state index in [0.29, 0.717) is 18.2 Å². The summed E-state index contributed by atoms with van der Waals surface area (Å²) in [6.07, 6.45) is 0. The second-order valence-electron chi connectivity index (χ2n) is 4.48. The van der Waals surface area contributed by atoms with E-state index in [-0.39, 0.29) is 18.6 Å². The summed E-state index contributed by atoms with van der Waals surface area (Å²) in [6.45, 7) is 8.38. The van der Waals surface area contributed by atoms with Crippen LogP contribution in [0.3, 0.4) is 0 Å². The Morgan fingerprint density at radius 2 is 2.18 bits per heavy atom. The van der Waals surface area contributed by atoms with Crippen LogP contribution in [-0.4, -0.2) is 33.4 Å². The summed E-state index contributed by atoms with van der Waals surface area (Å²) >= 11 is 0. The van der Waals surface area contributed by atoms with Crippen molar-refractivity contribution in [3.63, 3.8) is 0 Å². The van der Waals surface area contributed by atoms with E-state index in [9.17, 15) is 4.79 Å². The van der Waals surface area contributed by atoms with Crippen molar-refractivity contribution >= 4 is 5.91 Å². The van der Waals surface area contributed by atoms with Gasteiger partial charge in [-0.25, -0.2) is 0 Å². The summed E-state index contributed by atoms with van der Waals surface area (Å²) in [4.78, 5) is 11.9. The molecule has 96 valence electrons. The molecule has 0 fully saturated rings. The van der Waals surface area contributed by atoms with Crippen LogP contribution in [0.15, 0.2) is 6.07 Å². The minimum atomic E-state index is -0.245. The van der Waals surface area contributed by atoms with Crippen molar-refractivity contribution in [1.29, 1.82) is 0 Å². The lowest BCUT2D eigenvalue weighted by molar-refractivity contribution is 0.0911. The van der Waals surface area contributed by atoms with E-state index in [0.717, 1.165) is 5.69 Å². The molecule has 0 aromatic carbocycles. The van der Waals surface area contributed by atoms with E-state index in [1.54, 1.807) is 11.6 Å². The number of rotatable bonds is 5. The molecular formula is C12H21N3O2. The molecule has 0 aliphatic carbocycles. The standard InChI is InChI=1S/C12H21N3O2/c1-5-15-11(6-10(14-15)8(2)3)12(17)13-9(4)7-16/h6,8-9,16H,5,7H2,1-4H3,(H,13,17)/t9-/m1/s1. The van der Waals surface area contributed by atoms with E-state index in [1.807, 2.05) is 26.8 Å². The lowest BCUT2D eigenvalue weighted by atomic mass is 10.1. The fourth-order valence-electron chi connectivity index (χ4n) is 1.49. The maximum Gasteiger partial charge on any atom is 0.269 e. The maximum absolute atomic E-state index is 11.9. The van der Waals surface area contributed by atoms with Gasteiger partial charge in [0.2, 0.25) is 0 Å². The summed E-state index contributed by atoms with van der Waals surface area (Å²) in [7, 11) is 0. The summed E-state index contributed by atoms with van der Waals surface area (Å²) in [5.41, 5.74) is 1.46. The van der Waals surface area contributed by atoms with Crippen molar-refractivity contribution < 1.29 is 9.90 Å². The number of amides is 1. The average Bonchev–Trinajstić information content (AvgIpc) is 2.72. The van der Waals surface area contributed by atoms with Gasteiger partial charge in [0.25, 0.3) is 5.91 Å². The molecule has 1 atom stereocenters. The molecule has 0 saturated heterocycles. The Hall–Kier alpha value is -1.36. The van der Waals surface area contributed by atoms with Crippen molar-refractivity contribution in [3.05, 3.63) is 17.5 Å². The molecule has 1 amide bonds. The van der Waals surface area contributed by atoms with Gasteiger partial charge < -0.3 is 10.4 Å². The van der Waals surface area contributed by atoms with E-state index in [4.69, 9.17) is 5.11 Å². The smallest absolute Gasteiger partial charge is 0.269 e. The summed E-state index contributed by atoms with van der Waals surface area (Å²) in [5, 5.41) is 16.0. The van der Waals surface area contributed by atoms with E-state index in [1.165, 1.54) is 0 Å². The first-order valence-corrected chi connectivity index (χ1v) is 5.99. The van der Waals surface area contributed by atoms with Crippen LogP contribution in [0.5, 0.6) is 0 Å². The zero-order chi connectivity index (χ0) is 13.0. The topological polar surface area (TPSA) is 67.2 Å². The van der Waals surface area contributed by atoms with E-state index in [2.05, 4.69) is 10.4 Å². The van der Waals surface area contributed by atoms with Gasteiger partial charge in [-0.05, 0) is 25.8 Å². The summed E-state index contributed by atoms with van der Waals surface area (Å²) in [6, 6.07) is 1.57. The normalized spacial score (nSPS) is 12.8. The van der Waals surface area contributed by atoms with Crippen LogP contribution >= 0.6 is 0 Å². The van der Waals surface area contributed by atoms with Crippen LogP contribution in [-0.2, 0) is 6.54 Å².